The fraction of sp³-hybridized carbons (Fsp3) is 0.310. The molecule has 1 aromatic heterocycles. The number of para-hydroxylation sites is 1. The van der Waals surface area contributed by atoms with E-state index in [4.69, 9.17) is 26.7 Å². The Morgan fingerprint density at radius 2 is 1.89 bits per heavy atom. The van der Waals surface area contributed by atoms with Gasteiger partial charge in [-0.25, -0.2) is 4.98 Å². The largest absolute Gasteiger partial charge is 0.497 e. The van der Waals surface area contributed by atoms with Gasteiger partial charge in [0, 0.05) is 24.0 Å². The maximum Gasteiger partial charge on any atom is 0.309 e. The standard InChI is InChI=1S/C29H29N3O4S2/c1-3-36-28(34)20-12-14-31(15-13-20)26-22(16-21-6-4-5-7-24(21)30-26)17-25-27(33)32(29(37)38-25)18-19-8-10-23(35-2)11-9-19/h4-11,16-17,20H,3,12-15,18H2,1-2H3/b25-17-. The van der Waals surface area contributed by atoms with Gasteiger partial charge in [0.15, 0.2) is 0 Å². The summed E-state index contributed by atoms with van der Waals surface area (Å²) >= 11 is 6.90. The number of thioether (sulfide) groups is 1. The molecule has 196 valence electrons. The molecule has 0 bridgehead atoms. The van der Waals surface area contributed by atoms with E-state index < -0.39 is 0 Å². The van der Waals surface area contributed by atoms with Gasteiger partial charge in [-0.2, -0.15) is 0 Å². The van der Waals surface area contributed by atoms with Crippen LogP contribution in [0.25, 0.3) is 17.0 Å². The number of piperidine rings is 1. The second kappa shape index (κ2) is 11.5. The van der Waals surface area contributed by atoms with Gasteiger partial charge in [0.2, 0.25) is 0 Å². The summed E-state index contributed by atoms with van der Waals surface area (Å²) in [7, 11) is 1.63. The van der Waals surface area contributed by atoms with Crippen molar-refractivity contribution < 1.29 is 19.1 Å². The second-order valence-electron chi connectivity index (χ2n) is 9.22. The van der Waals surface area contributed by atoms with Crippen molar-refractivity contribution in [3.05, 3.63) is 70.6 Å². The number of thiocarbonyl (C=S) groups is 1. The zero-order valence-electron chi connectivity index (χ0n) is 21.4. The molecule has 0 atom stereocenters. The van der Waals surface area contributed by atoms with Crippen LogP contribution >= 0.6 is 24.0 Å². The molecule has 0 N–H and O–H groups in total. The van der Waals surface area contributed by atoms with E-state index in [1.807, 2.05) is 61.5 Å². The molecule has 7 nitrogen and oxygen atoms in total. The van der Waals surface area contributed by atoms with E-state index in [-0.39, 0.29) is 17.8 Å². The van der Waals surface area contributed by atoms with Crippen LogP contribution in [0.2, 0.25) is 0 Å². The van der Waals surface area contributed by atoms with E-state index in [1.54, 1.807) is 12.0 Å². The average Bonchev–Trinajstić information content (AvgIpc) is 3.20. The lowest BCUT2D eigenvalue weighted by molar-refractivity contribution is -0.148. The molecule has 38 heavy (non-hydrogen) atoms. The summed E-state index contributed by atoms with van der Waals surface area (Å²) in [6, 6.07) is 17.7. The number of amides is 1. The van der Waals surface area contributed by atoms with Crippen LogP contribution in [-0.4, -0.2) is 52.9 Å². The second-order valence-corrected chi connectivity index (χ2v) is 10.9. The summed E-state index contributed by atoms with van der Waals surface area (Å²) in [5, 5.41) is 0.998. The van der Waals surface area contributed by atoms with Crippen LogP contribution in [-0.2, 0) is 20.9 Å². The van der Waals surface area contributed by atoms with Gasteiger partial charge in [-0.15, -0.1) is 0 Å². The number of hydrogen-bond acceptors (Lipinski definition) is 8. The van der Waals surface area contributed by atoms with Crippen molar-refractivity contribution in [1.82, 2.24) is 9.88 Å². The third kappa shape index (κ3) is 5.54. The van der Waals surface area contributed by atoms with Crippen molar-refractivity contribution in [1.29, 1.82) is 0 Å². The number of methoxy groups -OCH3 is 1. The fourth-order valence-electron chi connectivity index (χ4n) is 4.76. The molecule has 3 aromatic rings. The zero-order chi connectivity index (χ0) is 26.6. The van der Waals surface area contributed by atoms with Crippen LogP contribution in [0, 0.1) is 5.92 Å². The molecule has 0 spiro atoms. The number of nitrogens with zero attached hydrogens (tertiary/aromatic N) is 3. The lowest BCUT2D eigenvalue weighted by Gasteiger charge is -2.32. The minimum absolute atomic E-state index is 0.0932. The van der Waals surface area contributed by atoms with Gasteiger partial charge in [-0.05, 0) is 55.7 Å². The van der Waals surface area contributed by atoms with Crippen LogP contribution in [0.5, 0.6) is 5.75 Å². The SMILES string of the molecule is CCOC(=O)C1CCN(c2nc3ccccc3cc2/C=C2\SC(=S)N(Cc3ccc(OC)cc3)C2=O)CC1. The molecule has 2 aromatic carbocycles. The Morgan fingerprint density at radius 1 is 1.16 bits per heavy atom. The number of hydrogen-bond donors (Lipinski definition) is 0. The highest BCUT2D eigenvalue weighted by atomic mass is 32.2. The van der Waals surface area contributed by atoms with Crippen LogP contribution in [0.3, 0.4) is 0 Å². The third-order valence-corrected chi connectivity index (χ3v) is 8.18. The normalized spacial score (nSPS) is 17.5. The van der Waals surface area contributed by atoms with Gasteiger partial charge < -0.3 is 14.4 Å². The average molecular weight is 548 g/mol. The number of esters is 1. The summed E-state index contributed by atoms with van der Waals surface area (Å²) < 4.78 is 11.0. The minimum Gasteiger partial charge on any atom is -0.497 e. The van der Waals surface area contributed by atoms with Gasteiger partial charge in [-0.3, -0.25) is 14.5 Å². The first-order valence-electron chi connectivity index (χ1n) is 12.7. The number of anilines is 1. The van der Waals surface area contributed by atoms with Crippen molar-refractivity contribution >= 4 is 63.0 Å². The molecule has 2 fully saturated rings. The molecule has 2 saturated heterocycles. The first-order valence-corrected chi connectivity index (χ1v) is 13.9. The molecule has 2 aliphatic rings. The molecule has 1 amide bonds. The molecule has 0 unspecified atom stereocenters. The van der Waals surface area contributed by atoms with E-state index >= 15 is 0 Å². The van der Waals surface area contributed by atoms with Crippen molar-refractivity contribution in [3.63, 3.8) is 0 Å². The van der Waals surface area contributed by atoms with Gasteiger partial charge in [0.25, 0.3) is 5.91 Å². The van der Waals surface area contributed by atoms with E-state index in [0.29, 0.717) is 48.3 Å². The minimum atomic E-state index is -0.126. The highest BCUT2D eigenvalue weighted by molar-refractivity contribution is 8.26. The molecule has 3 heterocycles. The molecule has 9 heteroatoms. The number of pyridine rings is 1. The van der Waals surface area contributed by atoms with Gasteiger partial charge >= 0.3 is 5.97 Å². The first kappa shape index (κ1) is 26.2. The maximum absolute atomic E-state index is 13.4. The van der Waals surface area contributed by atoms with Crippen LogP contribution < -0.4 is 9.64 Å². The molecule has 2 aliphatic heterocycles. The Morgan fingerprint density at radius 3 is 2.61 bits per heavy atom. The Hall–Kier alpha value is -3.43. The van der Waals surface area contributed by atoms with Crippen LogP contribution in [0.15, 0.2) is 59.5 Å². The summed E-state index contributed by atoms with van der Waals surface area (Å²) in [5.74, 6) is 1.24. The molecule has 5 rings (SSSR count). The lowest BCUT2D eigenvalue weighted by atomic mass is 9.96. The molecule has 0 aliphatic carbocycles. The summed E-state index contributed by atoms with van der Waals surface area (Å²) in [4.78, 5) is 35.0. The van der Waals surface area contributed by atoms with Crippen molar-refractivity contribution in [2.45, 2.75) is 26.3 Å². The third-order valence-electron chi connectivity index (χ3n) is 6.81. The number of carbonyl (C=O) groups excluding carboxylic acids is 2. The molecule has 0 radical (unpaired) electrons. The Balaban J connectivity index is 1.41. The molecular formula is C29H29N3O4S2. The zero-order valence-corrected chi connectivity index (χ0v) is 23.0. The van der Waals surface area contributed by atoms with Crippen LogP contribution in [0.4, 0.5) is 5.82 Å². The number of carbonyl (C=O) groups is 2. The Kier molecular flexibility index (Phi) is 7.95. The van der Waals surface area contributed by atoms with Crippen molar-refractivity contribution in [3.8, 4) is 5.75 Å². The Bertz CT molecular complexity index is 1400. The summed E-state index contributed by atoms with van der Waals surface area (Å²) in [6.45, 7) is 4.00. The maximum atomic E-state index is 13.4. The lowest BCUT2D eigenvalue weighted by Crippen LogP contribution is -2.37. The smallest absolute Gasteiger partial charge is 0.309 e. The highest BCUT2D eigenvalue weighted by Gasteiger charge is 2.33. The predicted octanol–water partition coefficient (Wildman–Crippen LogP) is 5.42. The quantitative estimate of drug-likeness (QED) is 0.221. The fourth-order valence-corrected chi connectivity index (χ4v) is 6.01. The van der Waals surface area contributed by atoms with Crippen molar-refractivity contribution in [2.24, 2.45) is 5.92 Å². The monoisotopic (exact) mass is 547 g/mol. The number of aromatic nitrogens is 1. The number of fused-ring (bicyclic) bond motifs is 1. The molecule has 0 saturated carbocycles. The first-order chi connectivity index (χ1) is 18.5. The van der Waals surface area contributed by atoms with E-state index in [9.17, 15) is 9.59 Å². The van der Waals surface area contributed by atoms with E-state index in [1.165, 1.54) is 11.8 Å². The van der Waals surface area contributed by atoms with Gasteiger partial charge in [-0.1, -0.05) is 54.3 Å². The van der Waals surface area contributed by atoms with Crippen LogP contribution in [0.1, 0.15) is 30.9 Å². The summed E-state index contributed by atoms with van der Waals surface area (Å²) in [5.41, 5.74) is 2.73. The van der Waals surface area contributed by atoms with Gasteiger partial charge in [0.1, 0.15) is 15.9 Å². The number of ether oxygens (including phenoxy) is 2. The van der Waals surface area contributed by atoms with E-state index in [2.05, 4.69) is 11.0 Å². The van der Waals surface area contributed by atoms with Crippen molar-refractivity contribution in [2.75, 3.05) is 31.7 Å². The highest BCUT2D eigenvalue weighted by Crippen LogP contribution is 2.36. The number of benzene rings is 2. The van der Waals surface area contributed by atoms with E-state index in [0.717, 1.165) is 33.6 Å². The molecular weight excluding hydrogens is 518 g/mol. The Labute approximate surface area is 231 Å². The summed E-state index contributed by atoms with van der Waals surface area (Å²) in [6.07, 6.45) is 3.31. The number of rotatable bonds is 7. The van der Waals surface area contributed by atoms with Gasteiger partial charge in [0.05, 0.1) is 36.6 Å². The predicted molar refractivity (Wildman–Crippen MR) is 155 cm³/mol. The topological polar surface area (TPSA) is 72.0 Å².